The number of nitrogens with zero attached hydrogens (tertiary/aromatic N) is 2. The van der Waals surface area contributed by atoms with E-state index >= 15 is 0 Å². The predicted molar refractivity (Wildman–Crippen MR) is 81.5 cm³/mol. The van der Waals surface area contributed by atoms with Gasteiger partial charge in [0.15, 0.2) is 0 Å². The molecule has 0 N–H and O–H groups in total. The Kier molecular flexibility index (Phi) is 4.63. The number of esters is 1. The molecule has 2 aromatic rings. The fourth-order valence-electron chi connectivity index (χ4n) is 2.28. The van der Waals surface area contributed by atoms with Crippen molar-refractivity contribution < 1.29 is 9.53 Å². The number of carbonyl (C=O) groups is 1. The van der Waals surface area contributed by atoms with Crippen LogP contribution >= 0.6 is 11.6 Å². The van der Waals surface area contributed by atoms with E-state index in [1.807, 2.05) is 13.8 Å². The zero-order valence-electron chi connectivity index (χ0n) is 12.2. The Balaban J connectivity index is 2.67. The van der Waals surface area contributed by atoms with E-state index in [0.717, 1.165) is 0 Å². The number of aromatic nitrogens is 2. The molecule has 1 aromatic carbocycles. The molecule has 1 unspecified atom stereocenters. The second-order valence-corrected chi connectivity index (χ2v) is 5.58. The number of fused-ring (bicyclic) bond motifs is 1. The van der Waals surface area contributed by atoms with Crippen LogP contribution in [0.4, 0.5) is 0 Å². The minimum Gasteiger partial charge on any atom is -0.467 e. The molecule has 1 heterocycles. The summed E-state index contributed by atoms with van der Waals surface area (Å²) in [4.78, 5) is 28.8. The van der Waals surface area contributed by atoms with Gasteiger partial charge in [0, 0.05) is 0 Å². The van der Waals surface area contributed by atoms with E-state index in [1.165, 1.54) is 11.7 Å². The van der Waals surface area contributed by atoms with Crippen LogP contribution in [0.25, 0.3) is 10.9 Å². The van der Waals surface area contributed by atoms with Gasteiger partial charge in [-0.05, 0) is 36.1 Å². The van der Waals surface area contributed by atoms with Gasteiger partial charge in [0.25, 0.3) is 5.56 Å². The molecule has 1 atom stereocenters. The highest BCUT2D eigenvalue weighted by molar-refractivity contribution is 6.28. The van der Waals surface area contributed by atoms with Crippen LogP contribution < -0.4 is 5.56 Å². The van der Waals surface area contributed by atoms with Crippen LogP contribution in [0, 0.1) is 5.92 Å². The van der Waals surface area contributed by atoms with Crippen LogP contribution in [0.15, 0.2) is 29.1 Å². The molecule has 6 heteroatoms. The summed E-state index contributed by atoms with van der Waals surface area (Å²) in [5.74, 6) is -0.298. The first-order valence-corrected chi connectivity index (χ1v) is 7.08. The Morgan fingerprint density at radius 2 is 2.05 bits per heavy atom. The third kappa shape index (κ3) is 3.08. The number of hydrogen-bond donors (Lipinski definition) is 0. The number of carbonyl (C=O) groups excluding carboxylic acids is 1. The third-order valence-corrected chi connectivity index (χ3v) is 3.51. The van der Waals surface area contributed by atoms with Crippen molar-refractivity contribution in [3.63, 3.8) is 0 Å². The highest BCUT2D eigenvalue weighted by Gasteiger charge is 2.26. The van der Waals surface area contributed by atoms with Crippen molar-refractivity contribution in [2.75, 3.05) is 7.11 Å². The molecule has 0 fully saturated rings. The molecule has 0 aliphatic carbocycles. The van der Waals surface area contributed by atoms with Crippen LogP contribution in [-0.2, 0) is 9.53 Å². The molecule has 0 spiro atoms. The van der Waals surface area contributed by atoms with Crippen molar-refractivity contribution in [2.45, 2.75) is 26.3 Å². The average Bonchev–Trinajstić information content (AvgIpc) is 2.45. The van der Waals surface area contributed by atoms with Crippen molar-refractivity contribution in [3.8, 4) is 0 Å². The molecule has 21 heavy (non-hydrogen) atoms. The Labute approximate surface area is 127 Å². The zero-order valence-corrected chi connectivity index (χ0v) is 12.9. The van der Waals surface area contributed by atoms with E-state index < -0.39 is 12.0 Å². The zero-order chi connectivity index (χ0) is 15.6. The topological polar surface area (TPSA) is 61.2 Å². The molecule has 1 aromatic heterocycles. The van der Waals surface area contributed by atoms with Gasteiger partial charge in [-0.3, -0.25) is 9.36 Å². The van der Waals surface area contributed by atoms with Crippen molar-refractivity contribution in [1.82, 2.24) is 9.55 Å². The van der Waals surface area contributed by atoms with E-state index in [-0.39, 0.29) is 16.8 Å². The van der Waals surface area contributed by atoms with Crippen LogP contribution in [0.3, 0.4) is 0 Å². The van der Waals surface area contributed by atoms with E-state index in [2.05, 4.69) is 4.98 Å². The second-order valence-electron chi connectivity index (χ2n) is 5.24. The van der Waals surface area contributed by atoms with E-state index in [9.17, 15) is 9.59 Å². The summed E-state index contributed by atoms with van der Waals surface area (Å²) < 4.78 is 6.02. The van der Waals surface area contributed by atoms with Crippen LogP contribution in [-0.4, -0.2) is 22.6 Å². The lowest BCUT2D eigenvalue weighted by Gasteiger charge is -2.20. The number of halogens is 1. The maximum Gasteiger partial charge on any atom is 0.329 e. The first-order valence-electron chi connectivity index (χ1n) is 6.70. The molecule has 0 saturated carbocycles. The summed E-state index contributed by atoms with van der Waals surface area (Å²) >= 11 is 6.13. The summed E-state index contributed by atoms with van der Waals surface area (Å²) in [7, 11) is 1.29. The number of benzene rings is 1. The summed E-state index contributed by atoms with van der Waals surface area (Å²) in [6, 6.07) is 6.14. The van der Waals surface area contributed by atoms with Crippen molar-refractivity contribution in [1.29, 1.82) is 0 Å². The maximum atomic E-state index is 12.6. The van der Waals surface area contributed by atoms with Crippen LogP contribution in [0.2, 0.25) is 5.28 Å². The Hall–Kier alpha value is -1.88. The monoisotopic (exact) mass is 308 g/mol. The van der Waals surface area contributed by atoms with Gasteiger partial charge < -0.3 is 4.74 Å². The number of ether oxygens (including phenoxy) is 1. The largest absolute Gasteiger partial charge is 0.467 e. The molecule has 0 saturated heterocycles. The third-order valence-electron chi connectivity index (χ3n) is 3.24. The van der Waals surface area contributed by atoms with Gasteiger partial charge in [-0.25, -0.2) is 9.78 Å². The fraction of sp³-hybridized carbons (Fsp3) is 0.400. The average molecular weight is 309 g/mol. The van der Waals surface area contributed by atoms with Gasteiger partial charge in [0.1, 0.15) is 6.04 Å². The predicted octanol–water partition coefficient (Wildman–Crippen LogP) is 2.81. The summed E-state index contributed by atoms with van der Waals surface area (Å²) in [5.41, 5.74) is 0.179. The molecule has 112 valence electrons. The van der Waals surface area contributed by atoms with Crippen molar-refractivity contribution in [3.05, 3.63) is 39.9 Å². The van der Waals surface area contributed by atoms with Crippen LogP contribution in [0.5, 0.6) is 0 Å². The van der Waals surface area contributed by atoms with Gasteiger partial charge in [-0.2, -0.15) is 0 Å². The second kappa shape index (κ2) is 6.26. The smallest absolute Gasteiger partial charge is 0.329 e. The Morgan fingerprint density at radius 1 is 1.38 bits per heavy atom. The number of para-hydroxylation sites is 1. The standard InChI is InChI=1S/C15H17ClN2O3/c1-9(2)8-12(14(20)21-3)18-13(19)10-6-4-5-7-11(10)17-15(18)16/h4-7,9,12H,8H2,1-3H3. The number of rotatable bonds is 4. The molecule has 2 rings (SSSR count). The Bertz CT molecular complexity index is 724. The molecule has 0 bridgehead atoms. The normalized spacial score (nSPS) is 12.6. The first kappa shape index (κ1) is 15.5. The highest BCUT2D eigenvalue weighted by atomic mass is 35.5. The quantitative estimate of drug-likeness (QED) is 0.643. The maximum absolute atomic E-state index is 12.6. The van der Waals surface area contributed by atoms with Gasteiger partial charge in [-0.15, -0.1) is 0 Å². The van der Waals surface area contributed by atoms with Gasteiger partial charge in [-0.1, -0.05) is 26.0 Å². The molecule has 0 radical (unpaired) electrons. The van der Waals surface area contributed by atoms with Crippen molar-refractivity contribution >= 4 is 28.5 Å². The molecule has 5 nitrogen and oxygen atoms in total. The molecular formula is C15H17ClN2O3. The van der Waals surface area contributed by atoms with E-state index in [0.29, 0.717) is 17.3 Å². The molecular weight excluding hydrogens is 292 g/mol. The lowest BCUT2D eigenvalue weighted by molar-refractivity contribution is -0.145. The lowest BCUT2D eigenvalue weighted by atomic mass is 10.0. The summed E-state index contributed by atoms with van der Waals surface area (Å²) in [6.45, 7) is 3.92. The number of methoxy groups -OCH3 is 1. The minimum atomic E-state index is -0.771. The van der Waals surface area contributed by atoms with Crippen molar-refractivity contribution in [2.24, 2.45) is 5.92 Å². The molecule has 0 amide bonds. The Morgan fingerprint density at radius 3 is 2.67 bits per heavy atom. The van der Waals surface area contributed by atoms with Crippen LogP contribution in [0.1, 0.15) is 26.3 Å². The van der Waals surface area contributed by atoms with E-state index in [1.54, 1.807) is 24.3 Å². The van der Waals surface area contributed by atoms with Gasteiger partial charge >= 0.3 is 5.97 Å². The number of hydrogen-bond acceptors (Lipinski definition) is 4. The first-order chi connectivity index (χ1) is 9.95. The van der Waals surface area contributed by atoms with Gasteiger partial charge in [0.05, 0.1) is 18.0 Å². The van der Waals surface area contributed by atoms with Gasteiger partial charge in [0.2, 0.25) is 5.28 Å². The molecule has 0 aliphatic heterocycles. The molecule has 0 aliphatic rings. The minimum absolute atomic E-state index is 0.00486. The van der Waals surface area contributed by atoms with E-state index in [4.69, 9.17) is 16.3 Å². The summed E-state index contributed by atoms with van der Waals surface area (Å²) in [6.07, 6.45) is 0.451. The lowest BCUT2D eigenvalue weighted by Crippen LogP contribution is -2.33. The SMILES string of the molecule is COC(=O)C(CC(C)C)n1c(Cl)nc2ccccc2c1=O. The fourth-order valence-corrected chi connectivity index (χ4v) is 2.56. The highest BCUT2D eigenvalue weighted by Crippen LogP contribution is 2.22. The summed E-state index contributed by atoms with van der Waals surface area (Å²) in [5, 5.41) is 0.425.